The largest absolute Gasteiger partial charge is 0.478 e. The highest BCUT2D eigenvalue weighted by Gasteiger charge is 2.34. The van der Waals surface area contributed by atoms with Crippen LogP contribution in [0.25, 0.3) is 0 Å². The topological polar surface area (TPSA) is 90.9 Å². The Morgan fingerprint density at radius 2 is 1.90 bits per heavy atom. The van der Waals surface area contributed by atoms with Crippen LogP contribution < -0.4 is 15.5 Å². The molecule has 7 heteroatoms. The Morgan fingerprint density at radius 1 is 1.17 bits per heavy atom. The minimum Gasteiger partial charge on any atom is -0.478 e. The number of hydrogen-bond acceptors (Lipinski definition) is 6. The number of carbonyl (C=O) groups is 2. The zero-order valence-corrected chi connectivity index (χ0v) is 17.6. The van der Waals surface area contributed by atoms with Crippen LogP contribution in [0.5, 0.6) is 0 Å². The van der Waals surface area contributed by atoms with Gasteiger partial charge in [-0.3, -0.25) is 5.32 Å². The van der Waals surface area contributed by atoms with E-state index < -0.39 is 17.7 Å². The molecule has 0 spiro atoms. The number of carbonyl (C=O) groups excluding carboxylic acids is 1. The van der Waals surface area contributed by atoms with Gasteiger partial charge in [-0.15, -0.1) is 0 Å². The first kappa shape index (κ1) is 22.5. The molecule has 0 saturated heterocycles. The second kappa shape index (κ2) is 10.1. The number of rotatable bonds is 10. The van der Waals surface area contributed by atoms with Gasteiger partial charge in [0.15, 0.2) is 5.72 Å². The third kappa shape index (κ3) is 5.17. The molecule has 29 heavy (non-hydrogen) atoms. The SMILES string of the molecule is CCNC1=CCC(NCC)(OC(=O)c2c(C(=O)O)cccc2N(CC)CC)C=C1. The molecule has 2 rings (SSSR count). The molecule has 1 aliphatic rings. The Bertz CT molecular complexity index is 799. The molecule has 0 radical (unpaired) electrons. The van der Waals surface area contributed by atoms with Gasteiger partial charge in [0, 0.05) is 31.8 Å². The summed E-state index contributed by atoms with van der Waals surface area (Å²) in [4.78, 5) is 27.0. The molecule has 0 saturated carbocycles. The summed E-state index contributed by atoms with van der Waals surface area (Å²) in [7, 11) is 0. The fourth-order valence-corrected chi connectivity index (χ4v) is 3.48. The number of nitrogens with one attached hydrogen (secondary N) is 2. The minimum absolute atomic E-state index is 0.0604. The van der Waals surface area contributed by atoms with Crippen molar-refractivity contribution in [3.63, 3.8) is 0 Å². The van der Waals surface area contributed by atoms with E-state index in [1.54, 1.807) is 12.1 Å². The van der Waals surface area contributed by atoms with Gasteiger partial charge in [-0.2, -0.15) is 0 Å². The highest BCUT2D eigenvalue weighted by atomic mass is 16.6. The molecule has 7 nitrogen and oxygen atoms in total. The Labute approximate surface area is 172 Å². The second-order valence-corrected chi connectivity index (χ2v) is 6.71. The van der Waals surface area contributed by atoms with Crippen molar-refractivity contribution in [2.24, 2.45) is 0 Å². The van der Waals surface area contributed by atoms with Crippen molar-refractivity contribution in [1.29, 1.82) is 0 Å². The van der Waals surface area contributed by atoms with Crippen molar-refractivity contribution in [1.82, 2.24) is 10.6 Å². The number of benzene rings is 1. The van der Waals surface area contributed by atoms with Crippen molar-refractivity contribution in [2.45, 2.75) is 39.8 Å². The maximum absolute atomic E-state index is 13.3. The van der Waals surface area contributed by atoms with Crippen LogP contribution >= 0.6 is 0 Å². The molecule has 0 aliphatic heterocycles. The van der Waals surface area contributed by atoms with E-state index in [1.807, 2.05) is 50.8 Å². The van der Waals surface area contributed by atoms with Gasteiger partial charge in [-0.1, -0.05) is 19.1 Å². The number of aromatic carboxylic acids is 1. The molecular weight excluding hydrogens is 370 g/mol. The summed E-state index contributed by atoms with van der Waals surface area (Å²) in [6.07, 6.45) is 6.10. The van der Waals surface area contributed by atoms with E-state index in [0.29, 0.717) is 31.7 Å². The first-order valence-electron chi connectivity index (χ1n) is 10.1. The average molecular weight is 402 g/mol. The fraction of sp³-hybridized carbons (Fsp3) is 0.455. The molecule has 1 unspecified atom stereocenters. The van der Waals surface area contributed by atoms with Gasteiger partial charge in [0.1, 0.15) is 0 Å². The second-order valence-electron chi connectivity index (χ2n) is 6.71. The van der Waals surface area contributed by atoms with Crippen LogP contribution in [0.1, 0.15) is 54.8 Å². The van der Waals surface area contributed by atoms with E-state index in [0.717, 1.165) is 12.2 Å². The predicted octanol–water partition coefficient (Wildman–Crippen LogP) is 3.15. The Balaban J connectivity index is 2.42. The lowest BCUT2D eigenvalue weighted by molar-refractivity contribution is -0.00996. The molecule has 1 atom stereocenters. The number of ether oxygens (including phenoxy) is 1. The van der Waals surface area contributed by atoms with E-state index in [2.05, 4.69) is 10.6 Å². The summed E-state index contributed by atoms with van der Waals surface area (Å²) in [6, 6.07) is 4.85. The van der Waals surface area contributed by atoms with E-state index in [1.165, 1.54) is 6.07 Å². The molecule has 0 fully saturated rings. The zero-order chi connectivity index (χ0) is 21.4. The highest BCUT2D eigenvalue weighted by Crippen LogP contribution is 2.29. The molecule has 1 aromatic rings. The molecule has 1 aliphatic carbocycles. The van der Waals surface area contributed by atoms with Crippen LogP contribution in [0.4, 0.5) is 5.69 Å². The van der Waals surface area contributed by atoms with Crippen LogP contribution in [0.2, 0.25) is 0 Å². The number of hydrogen-bond donors (Lipinski definition) is 3. The molecule has 0 bridgehead atoms. The van der Waals surface area contributed by atoms with Gasteiger partial charge >= 0.3 is 11.9 Å². The molecule has 158 valence electrons. The Hall–Kier alpha value is -2.80. The third-order valence-electron chi connectivity index (χ3n) is 4.87. The minimum atomic E-state index is -1.16. The third-order valence-corrected chi connectivity index (χ3v) is 4.87. The molecule has 0 heterocycles. The van der Waals surface area contributed by atoms with Gasteiger partial charge in [0.25, 0.3) is 0 Å². The van der Waals surface area contributed by atoms with Crippen molar-refractivity contribution in [3.8, 4) is 0 Å². The highest BCUT2D eigenvalue weighted by molar-refractivity contribution is 6.06. The van der Waals surface area contributed by atoms with Crippen molar-refractivity contribution in [3.05, 3.63) is 53.3 Å². The van der Waals surface area contributed by atoms with Crippen LogP contribution in [-0.4, -0.2) is 48.9 Å². The zero-order valence-electron chi connectivity index (χ0n) is 17.6. The number of likely N-dealkylation sites (N-methyl/N-ethyl adjacent to an activating group) is 2. The number of carboxylic acids is 1. The maximum atomic E-state index is 13.3. The lowest BCUT2D eigenvalue weighted by Gasteiger charge is -2.34. The van der Waals surface area contributed by atoms with Crippen LogP contribution in [0.3, 0.4) is 0 Å². The average Bonchev–Trinajstić information content (AvgIpc) is 2.71. The van der Waals surface area contributed by atoms with Crippen LogP contribution in [0, 0.1) is 0 Å². The van der Waals surface area contributed by atoms with Gasteiger partial charge in [0.2, 0.25) is 0 Å². The first-order valence-corrected chi connectivity index (χ1v) is 10.1. The monoisotopic (exact) mass is 401 g/mol. The van der Waals surface area contributed by atoms with Gasteiger partial charge in [0.05, 0.1) is 16.8 Å². The van der Waals surface area contributed by atoms with Gasteiger partial charge < -0.3 is 20.1 Å². The molecular formula is C22H31N3O4. The fourth-order valence-electron chi connectivity index (χ4n) is 3.48. The standard InChI is InChI=1S/C22H31N3O4/c1-5-23-16-12-14-22(15-13-16,24-6-2)29-21(28)19-17(20(26)27)10-9-11-18(19)25(7-3)8-4/h9-14,23-24H,5-8,15H2,1-4H3,(H,26,27). The normalized spacial score (nSPS) is 18.1. The number of esters is 1. The van der Waals surface area contributed by atoms with Gasteiger partial charge in [-0.25, -0.2) is 9.59 Å². The number of carboxylic acid groups (broad SMARTS) is 1. The summed E-state index contributed by atoms with van der Waals surface area (Å²) in [5, 5.41) is 16.1. The summed E-state index contributed by atoms with van der Waals surface area (Å²) >= 11 is 0. The summed E-state index contributed by atoms with van der Waals surface area (Å²) in [6.45, 7) is 10.5. The quantitative estimate of drug-likeness (QED) is 0.410. The van der Waals surface area contributed by atoms with E-state index >= 15 is 0 Å². The summed E-state index contributed by atoms with van der Waals surface area (Å²) in [5.41, 5.74) is 0.532. The van der Waals surface area contributed by atoms with Crippen molar-refractivity contribution in [2.75, 3.05) is 31.1 Å². The van der Waals surface area contributed by atoms with Crippen molar-refractivity contribution >= 4 is 17.6 Å². The molecule has 1 aromatic carbocycles. The number of anilines is 1. The maximum Gasteiger partial charge on any atom is 0.343 e. The lowest BCUT2D eigenvalue weighted by Crippen LogP contribution is -2.48. The Morgan fingerprint density at radius 3 is 2.41 bits per heavy atom. The first-order chi connectivity index (χ1) is 13.9. The van der Waals surface area contributed by atoms with Crippen molar-refractivity contribution < 1.29 is 19.4 Å². The van der Waals surface area contributed by atoms with Gasteiger partial charge in [-0.05, 0) is 51.6 Å². The van der Waals surface area contributed by atoms with E-state index in [-0.39, 0.29) is 11.1 Å². The van der Waals surface area contributed by atoms with Crippen LogP contribution in [-0.2, 0) is 4.74 Å². The molecule has 0 aromatic heterocycles. The summed E-state index contributed by atoms with van der Waals surface area (Å²) < 4.78 is 5.90. The lowest BCUT2D eigenvalue weighted by atomic mass is 10.0. The van der Waals surface area contributed by atoms with E-state index in [9.17, 15) is 14.7 Å². The predicted molar refractivity (Wildman–Crippen MR) is 114 cm³/mol. The molecule has 0 amide bonds. The molecule has 3 N–H and O–H groups in total. The smallest absolute Gasteiger partial charge is 0.343 e. The number of nitrogens with zero attached hydrogens (tertiary/aromatic N) is 1. The van der Waals surface area contributed by atoms with Crippen LogP contribution in [0.15, 0.2) is 42.1 Å². The summed E-state index contributed by atoms with van der Waals surface area (Å²) in [5.74, 6) is -1.81. The number of allylic oxidation sites excluding steroid dienone is 1. The Kier molecular flexibility index (Phi) is 7.84. The van der Waals surface area contributed by atoms with E-state index in [4.69, 9.17) is 4.74 Å².